The van der Waals surface area contributed by atoms with Crippen molar-refractivity contribution in [2.24, 2.45) is 57.2 Å². The van der Waals surface area contributed by atoms with Crippen LogP contribution in [0, 0.1) is 57.2 Å². The minimum absolute atomic E-state index is 0.0233. The van der Waals surface area contributed by atoms with Crippen LogP contribution in [0.3, 0.4) is 0 Å². The van der Waals surface area contributed by atoms with E-state index in [1.54, 1.807) is 10.0 Å². The van der Waals surface area contributed by atoms with E-state index < -0.39 is 22.7 Å². The largest absolute Gasteiger partial charge is 0.273 e. The van der Waals surface area contributed by atoms with Crippen molar-refractivity contribution in [1.82, 2.24) is 10.0 Å². The molecule has 2 saturated heterocycles. The van der Waals surface area contributed by atoms with E-state index in [9.17, 15) is 9.59 Å². The second-order valence-corrected chi connectivity index (χ2v) is 17.6. The highest BCUT2D eigenvalue weighted by atomic mass is 16.2. The van der Waals surface area contributed by atoms with Crippen LogP contribution in [0.25, 0.3) is 0 Å². The predicted molar refractivity (Wildman–Crippen MR) is 184 cm³/mol. The van der Waals surface area contributed by atoms with Crippen LogP contribution < -0.4 is 10.0 Å². The van der Waals surface area contributed by atoms with Gasteiger partial charge in [0.05, 0.1) is 46.1 Å². The van der Waals surface area contributed by atoms with Crippen molar-refractivity contribution in [3.05, 3.63) is 72.8 Å². The van der Waals surface area contributed by atoms with E-state index in [1.807, 2.05) is 70.7 Å². The summed E-state index contributed by atoms with van der Waals surface area (Å²) in [4.78, 5) is 60.5. The summed E-state index contributed by atoms with van der Waals surface area (Å²) < 4.78 is 0. The first-order valence-corrected chi connectivity index (χ1v) is 18.6. The van der Waals surface area contributed by atoms with E-state index in [2.05, 4.69) is 39.8 Å². The molecule has 10 atom stereocenters. The lowest BCUT2D eigenvalue weighted by Gasteiger charge is -2.40. The Balaban J connectivity index is 1.07. The molecule has 49 heavy (non-hydrogen) atoms. The first-order valence-electron chi connectivity index (χ1n) is 18.6. The Morgan fingerprint density at radius 1 is 0.592 bits per heavy atom. The van der Waals surface area contributed by atoms with Gasteiger partial charge in [0.1, 0.15) is 0 Å². The molecule has 0 unspecified atom stereocenters. The highest BCUT2D eigenvalue weighted by molar-refractivity contribution is 6.08. The number of nitrogens with zero attached hydrogens (tertiary/aromatic N) is 4. The van der Waals surface area contributed by atoms with E-state index in [0.717, 1.165) is 44.9 Å². The molecule has 0 radical (unpaired) electrons. The zero-order chi connectivity index (χ0) is 33.8. The van der Waals surface area contributed by atoms with E-state index in [4.69, 9.17) is 0 Å². The summed E-state index contributed by atoms with van der Waals surface area (Å²) >= 11 is 0. The number of benzene rings is 2. The summed E-state index contributed by atoms with van der Waals surface area (Å²) in [5, 5.41) is 7.03. The number of hydrogen-bond donors (Lipinski definition) is 0. The smallest absolute Gasteiger partial charge is 0.254 e. The molecule has 8 nitrogen and oxygen atoms in total. The molecule has 2 heterocycles. The van der Waals surface area contributed by atoms with Gasteiger partial charge in [0.2, 0.25) is 11.8 Å². The van der Waals surface area contributed by atoms with Gasteiger partial charge in [-0.05, 0) is 104 Å². The van der Waals surface area contributed by atoms with Crippen molar-refractivity contribution in [3.63, 3.8) is 0 Å². The lowest BCUT2D eigenvalue weighted by atomic mass is 9.67. The van der Waals surface area contributed by atoms with Gasteiger partial charge >= 0.3 is 0 Å². The summed E-state index contributed by atoms with van der Waals surface area (Å²) in [6.45, 7) is 8.89. The lowest BCUT2D eigenvalue weighted by molar-refractivity contribution is -0.150. The van der Waals surface area contributed by atoms with Gasteiger partial charge < -0.3 is 0 Å². The van der Waals surface area contributed by atoms with Crippen molar-refractivity contribution >= 4 is 35.0 Å². The number of rotatable bonds is 4. The fourth-order valence-corrected chi connectivity index (χ4v) is 13.3. The molecule has 254 valence electrons. The fourth-order valence-electron chi connectivity index (χ4n) is 13.3. The normalized spacial score (nSPS) is 41.4. The molecular formula is C41H46N4O4. The minimum Gasteiger partial charge on any atom is -0.273 e. The molecule has 6 bridgehead atoms. The van der Waals surface area contributed by atoms with Crippen LogP contribution in [-0.2, 0) is 19.2 Å². The maximum absolute atomic E-state index is 15.4. The van der Waals surface area contributed by atoms with Gasteiger partial charge in [-0.3, -0.25) is 19.2 Å². The Labute approximate surface area is 288 Å². The Morgan fingerprint density at radius 2 is 0.980 bits per heavy atom. The first kappa shape index (κ1) is 29.9. The van der Waals surface area contributed by atoms with Gasteiger partial charge in [-0.15, -0.1) is 0 Å². The summed E-state index contributed by atoms with van der Waals surface area (Å²) in [5.74, 6) is -0.809. The molecule has 2 aromatic carbocycles. The van der Waals surface area contributed by atoms with Crippen LogP contribution in [0.2, 0.25) is 0 Å². The number of para-hydroxylation sites is 2. The third-order valence-corrected chi connectivity index (χ3v) is 15.9. The van der Waals surface area contributed by atoms with E-state index in [0.29, 0.717) is 23.2 Å². The number of anilines is 2. The third kappa shape index (κ3) is 3.24. The monoisotopic (exact) mass is 658 g/mol. The molecular weight excluding hydrogens is 612 g/mol. The molecule has 0 N–H and O–H groups in total. The van der Waals surface area contributed by atoms with Crippen molar-refractivity contribution in [3.8, 4) is 0 Å². The summed E-state index contributed by atoms with van der Waals surface area (Å²) in [7, 11) is 0. The zero-order valence-electron chi connectivity index (χ0n) is 28.9. The average Bonchev–Trinajstić information content (AvgIpc) is 3.97. The van der Waals surface area contributed by atoms with Crippen molar-refractivity contribution < 1.29 is 19.2 Å². The highest BCUT2D eigenvalue weighted by Crippen LogP contribution is 2.72. The molecule has 8 heteroatoms. The second kappa shape index (κ2) is 9.43. The number of amides is 4. The van der Waals surface area contributed by atoms with Crippen molar-refractivity contribution in [2.75, 3.05) is 10.0 Å². The molecule has 10 rings (SSSR count). The number of carbonyl (C=O) groups excluding carboxylic acids is 4. The molecule has 2 aliphatic heterocycles. The van der Waals surface area contributed by atoms with E-state index >= 15 is 9.59 Å². The SMILES string of the molecule is CC1(C)[C@@H]2CC[C@]13C(=O)N(c1ccccc1)N(C(=O)[C@H]1[C@H](C(=O)N4[C@@H]5C[C@H]6CC[C@]5(C(=O)N4c4ccccc4)C6(C)C)[C@H]4C=C[C@@H]1C4)[C@@H]3C2. The standard InChI is InChI=1S/C41H46N4O4/c1-38(2)26-17-19-40(38)30(22-26)44(42(36(40)48)28-11-7-5-8-12-28)34(46)32-24-15-16-25(21-24)33(32)35(47)45-31-23-27-18-20-41(31,39(27,3)4)37(49)43(45)29-13-9-6-10-14-29/h5-16,24-27,30-33H,17-23H2,1-4H3/t24-,25+,26-,27-,30-,31-,32-,33-,40+,41+/m1/s1. The van der Waals surface area contributed by atoms with Crippen LogP contribution in [0.1, 0.15) is 72.6 Å². The Hall–Kier alpha value is -3.94. The molecule has 2 spiro atoms. The van der Waals surface area contributed by atoms with Gasteiger partial charge in [-0.2, -0.15) is 0 Å². The van der Waals surface area contributed by atoms with E-state index in [1.165, 1.54) is 0 Å². The van der Waals surface area contributed by atoms with Gasteiger partial charge in [0.25, 0.3) is 11.8 Å². The van der Waals surface area contributed by atoms with Gasteiger partial charge in [-0.25, -0.2) is 20.0 Å². The molecule has 4 amide bonds. The molecule has 7 fully saturated rings. The summed E-state index contributed by atoms with van der Waals surface area (Å²) in [5.41, 5.74) is -0.315. The Bertz CT molecular complexity index is 1710. The number of allylic oxidation sites excluding steroid dienone is 2. The fraction of sp³-hybridized carbons (Fsp3) is 0.561. The summed E-state index contributed by atoms with van der Waals surface area (Å²) in [6.07, 6.45) is 10.2. The van der Waals surface area contributed by atoms with Crippen LogP contribution in [0.5, 0.6) is 0 Å². The Morgan fingerprint density at radius 3 is 1.35 bits per heavy atom. The zero-order valence-corrected chi connectivity index (χ0v) is 28.9. The number of hydrogen-bond acceptors (Lipinski definition) is 4. The quantitative estimate of drug-likeness (QED) is 0.357. The topological polar surface area (TPSA) is 81.2 Å². The van der Waals surface area contributed by atoms with Gasteiger partial charge in [0.15, 0.2) is 0 Å². The van der Waals surface area contributed by atoms with Gasteiger partial charge in [0, 0.05) is 0 Å². The molecule has 5 saturated carbocycles. The second-order valence-electron chi connectivity index (χ2n) is 17.6. The predicted octanol–water partition coefficient (Wildman–Crippen LogP) is 6.40. The molecule has 2 aromatic rings. The Kier molecular flexibility index (Phi) is 5.76. The molecule has 0 aromatic heterocycles. The van der Waals surface area contributed by atoms with Crippen molar-refractivity contribution in [1.29, 1.82) is 0 Å². The third-order valence-electron chi connectivity index (χ3n) is 15.9. The van der Waals surface area contributed by atoms with Crippen molar-refractivity contribution in [2.45, 2.75) is 84.7 Å². The maximum Gasteiger partial charge on any atom is 0.254 e. The number of hydrazine groups is 2. The number of fused-ring (bicyclic) bond motifs is 4. The van der Waals surface area contributed by atoms with Crippen LogP contribution >= 0.6 is 0 Å². The first-order chi connectivity index (χ1) is 23.5. The molecule has 6 aliphatic carbocycles. The lowest BCUT2D eigenvalue weighted by Crippen LogP contribution is -2.56. The number of carbonyl (C=O) groups is 4. The van der Waals surface area contributed by atoms with Gasteiger partial charge in [-0.1, -0.05) is 76.2 Å². The minimum atomic E-state index is -0.636. The van der Waals surface area contributed by atoms with E-state index in [-0.39, 0.29) is 58.4 Å². The van der Waals surface area contributed by atoms with Crippen LogP contribution in [0.15, 0.2) is 72.8 Å². The maximum atomic E-state index is 15.4. The van der Waals surface area contributed by atoms with Crippen LogP contribution in [-0.4, -0.2) is 45.7 Å². The average molecular weight is 659 g/mol. The molecule has 8 aliphatic rings. The highest BCUT2D eigenvalue weighted by Gasteiger charge is 2.78. The van der Waals surface area contributed by atoms with Crippen LogP contribution in [0.4, 0.5) is 11.4 Å². The summed E-state index contributed by atoms with van der Waals surface area (Å²) in [6, 6.07) is 18.7.